The maximum atomic E-state index is 11.9. The maximum absolute atomic E-state index is 11.9. The first-order chi connectivity index (χ1) is 8.56. The smallest absolute Gasteiger partial charge is 0.251 e. The van der Waals surface area contributed by atoms with Gasteiger partial charge in [-0.05, 0) is 24.5 Å². The molecule has 4 nitrogen and oxygen atoms in total. The van der Waals surface area contributed by atoms with Crippen LogP contribution in [0.15, 0.2) is 24.3 Å². The lowest BCUT2D eigenvalue weighted by atomic mass is 10.0. The van der Waals surface area contributed by atoms with Crippen molar-refractivity contribution >= 4 is 12.2 Å². The van der Waals surface area contributed by atoms with Crippen LogP contribution in [0.1, 0.15) is 41.0 Å². The molecule has 0 bridgehead atoms. The Labute approximate surface area is 107 Å². The standard InChI is InChI=1S/C14H19NO3/c1-10(2)7-13(9-17)15-14(18)12-5-3-11(8-16)4-6-12/h3-6,8,10,13,17H,7,9H2,1-2H3,(H,15,18). The third-order valence-corrected chi connectivity index (χ3v) is 2.62. The van der Waals surface area contributed by atoms with E-state index < -0.39 is 0 Å². The zero-order valence-corrected chi connectivity index (χ0v) is 10.7. The minimum absolute atomic E-state index is 0.0731. The molecule has 1 amide bonds. The van der Waals surface area contributed by atoms with E-state index in [1.165, 1.54) is 0 Å². The molecule has 0 heterocycles. The van der Waals surface area contributed by atoms with E-state index in [2.05, 4.69) is 5.32 Å². The number of amides is 1. The number of aliphatic hydroxyl groups excluding tert-OH is 1. The molecule has 0 aliphatic heterocycles. The summed E-state index contributed by atoms with van der Waals surface area (Å²) in [5.41, 5.74) is 1.02. The van der Waals surface area contributed by atoms with Gasteiger partial charge >= 0.3 is 0 Å². The van der Waals surface area contributed by atoms with E-state index in [-0.39, 0.29) is 18.6 Å². The Morgan fingerprint density at radius 2 is 1.94 bits per heavy atom. The molecule has 0 aliphatic rings. The highest BCUT2D eigenvalue weighted by atomic mass is 16.3. The zero-order valence-electron chi connectivity index (χ0n) is 10.7. The van der Waals surface area contributed by atoms with Gasteiger partial charge in [0.1, 0.15) is 6.29 Å². The highest BCUT2D eigenvalue weighted by Gasteiger charge is 2.14. The molecule has 1 aromatic carbocycles. The molecule has 0 aromatic heterocycles. The number of hydrogen-bond acceptors (Lipinski definition) is 3. The van der Waals surface area contributed by atoms with Gasteiger partial charge < -0.3 is 10.4 Å². The van der Waals surface area contributed by atoms with Crippen molar-refractivity contribution in [1.29, 1.82) is 0 Å². The van der Waals surface area contributed by atoms with Crippen LogP contribution in [0.25, 0.3) is 0 Å². The minimum atomic E-state index is -0.233. The number of aldehydes is 1. The fraction of sp³-hybridized carbons (Fsp3) is 0.429. The Morgan fingerprint density at radius 1 is 1.33 bits per heavy atom. The maximum Gasteiger partial charge on any atom is 0.251 e. The number of aliphatic hydroxyl groups is 1. The molecule has 0 aliphatic carbocycles. The molecular weight excluding hydrogens is 230 g/mol. The highest BCUT2D eigenvalue weighted by molar-refractivity contribution is 5.95. The predicted octanol–water partition coefficient (Wildman–Crippen LogP) is 1.64. The van der Waals surface area contributed by atoms with E-state index in [1.807, 2.05) is 13.8 Å². The van der Waals surface area contributed by atoms with Gasteiger partial charge in [-0.15, -0.1) is 0 Å². The van der Waals surface area contributed by atoms with E-state index in [9.17, 15) is 14.7 Å². The predicted molar refractivity (Wildman–Crippen MR) is 69.6 cm³/mol. The first-order valence-electron chi connectivity index (χ1n) is 6.03. The normalized spacial score (nSPS) is 12.2. The van der Waals surface area contributed by atoms with Crippen molar-refractivity contribution in [3.8, 4) is 0 Å². The molecule has 4 heteroatoms. The van der Waals surface area contributed by atoms with Crippen LogP contribution < -0.4 is 5.32 Å². The Balaban J connectivity index is 2.65. The van der Waals surface area contributed by atoms with Crippen molar-refractivity contribution in [2.24, 2.45) is 5.92 Å². The van der Waals surface area contributed by atoms with Gasteiger partial charge in [0.15, 0.2) is 0 Å². The van der Waals surface area contributed by atoms with E-state index in [0.29, 0.717) is 17.0 Å². The molecule has 0 spiro atoms. The largest absolute Gasteiger partial charge is 0.394 e. The second-order valence-electron chi connectivity index (χ2n) is 4.72. The number of nitrogens with one attached hydrogen (secondary N) is 1. The van der Waals surface area contributed by atoms with Crippen LogP contribution in [0.3, 0.4) is 0 Å². The summed E-state index contributed by atoms with van der Waals surface area (Å²) in [7, 11) is 0. The first-order valence-corrected chi connectivity index (χ1v) is 6.03. The molecule has 0 fully saturated rings. The highest BCUT2D eigenvalue weighted by Crippen LogP contribution is 2.07. The molecule has 0 saturated heterocycles. The van der Waals surface area contributed by atoms with Crippen LogP contribution in [0, 0.1) is 5.92 Å². The van der Waals surface area contributed by atoms with Gasteiger partial charge in [-0.3, -0.25) is 9.59 Å². The van der Waals surface area contributed by atoms with E-state index in [4.69, 9.17) is 0 Å². The lowest BCUT2D eigenvalue weighted by Gasteiger charge is -2.18. The van der Waals surface area contributed by atoms with Gasteiger partial charge in [0.2, 0.25) is 0 Å². The van der Waals surface area contributed by atoms with Crippen molar-refractivity contribution in [3.05, 3.63) is 35.4 Å². The molecule has 1 rings (SSSR count). The van der Waals surface area contributed by atoms with Crippen molar-refractivity contribution in [2.75, 3.05) is 6.61 Å². The second-order valence-corrected chi connectivity index (χ2v) is 4.72. The van der Waals surface area contributed by atoms with Crippen LogP contribution in [0.2, 0.25) is 0 Å². The average molecular weight is 249 g/mol. The van der Waals surface area contributed by atoms with Crippen molar-refractivity contribution in [2.45, 2.75) is 26.3 Å². The van der Waals surface area contributed by atoms with Crippen LogP contribution in [0.4, 0.5) is 0 Å². The van der Waals surface area contributed by atoms with Crippen molar-refractivity contribution in [3.63, 3.8) is 0 Å². The molecule has 18 heavy (non-hydrogen) atoms. The second kappa shape index (κ2) is 6.91. The summed E-state index contributed by atoms with van der Waals surface area (Å²) >= 11 is 0. The molecule has 0 saturated carbocycles. The number of benzene rings is 1. The Kier molecular flexibility index (Phi) is 5.52. The number of carbonyl (C=O) groups excluding carboxylic acids is 2. The number of hydrogen-bond donors (Lipinski definition) is 2. The summed E-state index contributed by atoms with van der Waals surface area (Å²) in [5.74, 6) is 0.173. The fourth-order valence-corrected chi connectivity index (χ4v) is 1.73. The monoisotopic (exact) mass is 249 g/mol. The van der Waals surface area contributed by atoms with Gasteiger partial charge in [0.25, 0.3) is 5.91 Å². The summed E-state index contributed by atoms with van der Waals surface area (Å²) in [5, 5.41) is 12.0. The molecule has 1 aromatic rings. The average Bonchev–Trinajstić information content (AvgIpc) is 2.37. The molecule has 1 atom stereocenters. The van der Waals surface area contributed by atoms with Gasteiger partial charge in [-0.1, -0.05) is 26.0 Å². The minimum Gasteiger partial charge on any atom is -0.394 e. The van der Waals surface area contributed by atoms with Crippen LogP contribution in [0.5, 0.6) is 0 Å². The summed E-state index contributed by atoms with van der Waals surface area (Å²) in [6, 6.07) is 6.16. The van der Waals surface area contributed by atoms with Crippen LogP contribution >= 0.6 is 0 Å². The van der Waals surface area contributed by atoms with E-state index in [1.54, 1.807) is 24.3 Å². The SMILES string of the molecule is CC(C)CC(CO)NC(=O)c1ccc(C=O)cc1. The van der Waals surface area contributed by atoms with Gasteiger partial charge in [-0.25, -0.2) is 0 Å². The van der Waals surface area contributed by atoms with Crippen molar-refractivity contribution in [1.82, 2.24) is 5.32 Å². The quantitative estimate of drug-likeness (QED) is 0.753. The Hall–Kier alpha value is -1.68. The zero-order chi connectivity index (χ0) is 13.5. The summed E-state index contributed by atoms with van der Waals surface area (Å²) in [4.78, 5) is 22.4. The van der Waals surface area contributed by atoms with Crippen LogP contribution in [-0.2, 0) is 0 Å². The van der Waals surface area contributed by atoms with Crippen LogP contribution in [-0.4, -0.2) is 29.9 Å². The van der Waals surface area contributed by atoms with E-state index in [0.717, 1.165) is 12.7 Å². The summed E-state index contributed by atoms with van der Waals surface area (Å²) in [6.07, 6.45) is 1.46. The van der Waals surface area contributed by atoms with Gasteiger partial charge in [-0.2, -0.15) is 0 Å². The van der Waals surface area contributed by atoms with E-state index >= 15 is 0 Å². The molecular formula is C14H19NO3. The first kappa shape index (κ1) is 14.4. The number of carbonyl (C=O) groups is 2. The van der Waals surface area contributed by atoms with Gasteiger partial charge in [0.05, 0.1) is 12.6 Å². The third kappa shape index (κ3) is 4.30. The summed E-state index contributed by atoms with van der Waals surface area (Å²) in [6.45, 7) is 4.00. The fourth-order valence-electron chi connectivity index (χ4n) is 1.73. The molecule has 2 N–H and O–H groups in total. The van der Waals surface area contributed by atoms with Crippen molar-refractivity contribution < 1.29 is 14.7 Å². The molecule has 0 radical (unpaired) electrons. The Bertz CT molecular complexity index is 398. The lowest BCUT2D eigenvalue weighted by molar-refractivity contribution is 0.0908. The molecule has 1 unspecified atom stereocenters. The number of rotatable bonds is 6. The third-order valence-electron chi connectivity index (χ3n) is 2.62. The lowest BCUT2D eigenvalue weighted by Crippen LogP contribution is -2.38. The molecule has 98 valence electrons. The topological polar surface area (TPSA) is 66.4 Å². The van der Waals surface area contributed by atoms with Gasteiger partial charge in [0, 0.05) is 11.1 Å². The summed E-state index contributed by atoms with van der Waals surface area (Å²) < 4.78 is 0. The Morgan fingerprint density at radius 3 is 2.39 bits per heavy atom.